The summed E-state index contributed by atoms with van der Waals surface area (Å²) in [7, 11) is 0. The highest BCUT2D eigenvalue weighted by Crippen LogP contribution is 2.32. The Morgan fingerprint density at radius 1 is 1.50 bits per heavy atom. The molecule has 1 spiro atoms. The van der Waals surface area contributed by atoms with Gasteiger partial charge in [0.2, 0.25) is 0 Å². The Bertz CT molecular complexity index is 132. The van der Waals surface area contributed by atoms with Gasteiger partial charge in [-0.05, 0) is 6.42 Å². The van der Waals surface area contributed by atoms with E-state index in [0.717, 1.165) is 26.1 Å². The molecule has 2 atom stereocenters. The van der Waals surface area contributed by atoms with Crippen LogP contribution in [0, 0.1) is 0 Å². The molecule has 3 heteroatoms. The number of ether oxygens (including phenoxy) is 2. The Balaban J connectivity index is 2.03. The third-order valence-electron chi connectivity index (χ3n) is 2.30. The average molecular weight is 143 g/mol. The molecule has 3 nitrogen and oxygen atoms in total. The maximum atomic E-state index is 5.71. The van der Waals surface area contributed by atoms with Crippen LogP contribution < -0.4 is 5.73 Å². The second-order valence-corrected chi connectivity index (χ2v) is 3.26. The molecule has 0 aromatic rings. The molecule has 2 aliphatic heterocycles. The zero-order valence-electron chi connectivity index (χ0n) is 6.01. The fraction of sp³-hybridized carbons (Fsp3) is 1.00. The third-order valence-corrected chi connectivity index (χ3v) is 2.30. The smallest absolute Gasteiger partial charge is 0.0953 e. The van der Waals surface area contributed by atoms with Gasteiger partial charge in [0.05, 0.1) is 18.8 Å². The van der Waals surface area contributed by atoms with E-state index in [9.17, 15) is 0 Å². The first kappa shape index (κ1) is 6.58. The van der Waals surface area contributed by atoms with Crippen LogP contribution in [0.2, 0.25) is 0 Å². The normalized spacial score (nSPS) is 47.1. The van der Waals surface area contributed by atoms with E-state index in [1.54, 1.807) is 0 Å². The van der Waals surface area contributed by atoms with Gasteiger partial charge in [-0.2, -0.15) is 0 Å². The average Bonchev–Trinajstić information content (AvgIpc) is 2.46. The minimum absolute atomic E-state index is 0.0133. The summed E-state index contributed by atoms with van der Waals surface area (Å²) in [5, 5.41) is 0. The summed E-state index contributed by atoms with van der Waals surface area (Å²) < 4.78 is 10.8. The molecule has 2 heterocycles. The predicted molar refractivity (Wildman–Crippen MR) is 36.7 cm³/mol. The van der Waals surface area contributed by atoms with E-state index in [2.05, 4.69) is 0 Å². The molecule has 0 bridgehead atoms. The quantitative estimate of drug-likeness (QED) is 0.514. The van der Waals surface area contributed by atoms with Crippen LogP contribution in [-0.2, 0) is 9.47 Å². The minimum Gasteiger partial charge on any atom is -0.378 e. The summed E-state index contributed by atoms with van der Waals surface area (Å²) in [6, 6.07) is 0.238. The van der Waals surface area contributed by atoms with Gasteiger partial charge in [-0.15, -0.1) is 0 Å². The maximum absolute atomic E-state index is 5.71. The lowest BCUT2D eigenvalue weighted by atomic mass is 9.98. The first-order valence-electron chi connectivity index (χ1n) is 3.78. The van der Waals surface area contributed by atoms with Crippen molar-refractivity contribution in [3.05, 3.63) is 0 Å². The molecule has 2 fully saturated rings. The van der Waals surface area contributed by atoms with Crippen molar-refractivity contribution in [2.24, 2.45) is 5.73 Å². The van der Waals surface area contributed by atoms with E-state index in [1.807, 2.05) is 0 Å². The monoisotopic (exact) mass is 143 g/mol. The number of hydrogen-bond acceptors (Lipinski definition) is 3. The van der Waals surface area contributed by atoms with Crippen molar-refractivity contribution in [1.29, 1.82) is 0 Å². The van der Waals surface area contributed by atoms with Gasteiger partial charge in [-0.1, -0.05) is 0 Å². The van der Waals surface area contributed by atoms with Crippen molar-refractivity contribution >= 4 is 0 Å². The molecule has 2 saturated heterocycles. The summed E-state index contributed by atoms with van der Waals surface area (Å²) in [4.78, 5) is 0. The van der Waals surface area contributed by atoms with Crippen LogP contribution in [0.4, 0.5) is 0 Å². The van der Waals surface area contributed by atoms with E-state index in [1.165, 1.54) is 0 Å². The van der Waals surface area contributed by atoms with Crippen LogP contribution in [0.25, 0.3) is 0 Å². The molecule has 0 saturated carbocycles. The van der Waals surface area contributed by atoms with Gasteiger partial charge in [0.15, 0.2) is 0 Å². The molecule has 2 aliphatic rings. The molecule has 0 aromatic carbocycles. The summed E-state index contributed by atoms with van der Waals surface area (Å²) in [6.45, 7) is 2.30. The van der Waals surface area contributed by atoms with Crippen molar-refractivity contribution < 1.29 is 9.47 Å². The summed E-state index contributed by atoms with van der Waals surface area (Å²) in [5.41, 5.74) is 5.72. The molecule has 2 rings (SSSR count). The highest BCUT2D eigenvalue weighted by atomic mass is 16.6. The molecule has 58 valence electrons. The zero-order chi connectivity index (χ0) is 7.03. The first-order valence-corrected chi connectivity index (χ1v) is 3.78. The molecule has 2 N–H and O–H groups in total. The van der Waals surface area contributed by atoms with E-state index in [0.29, 0.717) is 6.61 Å². The number of nitrogens with two attached hydrogens (primary N) is 1. The summed E-state index contributed by atoms with van der Waals surface area (Å²) in [5.74, 6) is 0. The van der Waals surface area contributed by atoms with Gasteiger partial charge in [-0.25, -0.2) is 0 Å². The zero-order valence-corrected chi connectivity index (χ0v) is 6.01. The topological polar surface area (TPSA) is 44.5 Å². The van der Waals surface area contributed by atoms with Crippen molar-refractivity contribution in [3.8, 4) is 0 Å². The molecule has 0 aromatic heterocycles. The van der Waals surface area contributed by atoms with Crippen LogP contribution in [0.5, 0.6) is 0 Å². The fourth-order valence-corrected chi connectivity index (χ4v) is 1.74. The maximum Gasteiger partial charge on any atom is 0.0953 e. The fourth-order valence-electron chi connectivity index (χ4n) is 1.74. The lowest BCUT2D eigenvalue weighted by Gasteiger charge is -2.18. The SMILES string of the molecule is NC1COC2(CCOC2)C1. The van der Waals surface area contributed by atoms with Crippen molar-refractivity contribution in [3.63, 3.8) is 0 Å². The van der Waals surface area contributed by atoms with E-state index in [-0.39, 0.29) is 11.6 Å². The lowest BCUT2D eigenvalue weighted by molar-refractivity contribution is -0.00337. The Morgan fingerprint density at radius 3 is 2.90 bits per heavy atom. The first-order chi connectivity index (χ1) is 4.81. The molecule has 10 heavy (non-hydrogen) atoms. The Labute approximate surface area is 60.5 Å². The largest absolute Gasteiger partial charge is 0.378 e. The highest BCUT2D eigenvalue weighted by Gasteiger charge is 2.42. The molecular formula is C7H13NO2. The van der Waals surface area contributed by atoms with Crippen molar-refractivity contribution in [1.82, 2.24) is 0 Å². The Kier molecular flexibility index (Phi) is 1.44. The van der Waals surface area contributed by atoms with Crippen LogP contribution in [0.3, 0.4) is 0 Å². The molecule has 0 radical (unpaired) electrons. The van der Waals surface area contributed by atoms with Gasteiger partial charge in [0.25, 0.3) is 0 Å². The van der Waals surface area contributed by atoms with Crippen LogP contribution in [0.15, 0.2) is 0 Å². The van der Waals surface area contributed by atoms with Gasteiger partial charge in [-0.3, -0.25) is 0 Å². The lowest BCUT2D eigenvalue weighted by Crippen LogP contribution is -2.29. The van der Waals surface area contributed by atoms with Crippen molar-refractivity contribution in [2.75, 3.05) is 19.8 Å². The molecule has 2 unspecified atom stereocenters. The molecule has 0 aliphatic carbocycles. The van der Waals surface area contributed by atoms with Crippen LogP contribution in [0.1, 0.15) is 12.8 Å². The molecular weight excluding hydrogens is 130 g/mol. The number of rotatable bonds is 0. The van der Waals surface area contributed by atoms with E-state index < -0.39 is 0 Å². The summed E-state index contributed by atoms with van der Waals surface area (Å²) >= 11 is 0. The highest BCUT2D eigenvalue weighted by molar-refractivity contribution is 4.93. The van der Waals surface area contributed by atoms with Crippen molar-refractivity contribution in [2.45, 2.75) is 24.5 Å². The van der Waals surface area contributed by atoms with Gasteiger partial charge in [0.1, 0.15) is 0 Å². The Hall–Kier alpha value is -0.120. The summed E-state index contributed by atoms with van der Waals surface area (Å²) in [6.07, 6.45) is 2.01. The number of hydrogen-bond donors (Lipinski definition) is 1. The van der Waals surface area contributed by atoms with Gasteiger partial charge >= 0.3 is 0 Å². The van der Waals surface area contributed by atoms with E-state index in [4.69, 9.17) is 15.2 Å². The van der Waals surface area contributed by atoms with Gasteiger partial charge < -0.3 is 15.2 Å². The standard InChI is InChI=1S/C7H13NO2/c8-6-3-7(10-4-6)1-2-9-5-7/h6H,1-5,8H2. The molecule has 0 amide bonds. The minimum atomic E-state index is 0.0133. The Morgan fingerprint density at radius 2 is 2.40 bits per heavy atom. The second kappa shape index (κ2) is 2.19. The predicted octanol–water partition coefficient (Wildman–Crippen LogP) is -0.107. The second-order valence-electron chi connectivity index (χ2n) is 3.26. The third kappa shape index (κ3) is 0.944. The van der Waals surface area contributed by atoms with Crippen LogP contribution in [-0.4, -0.2) is 31.5 Å². The van der Waals surface area contributed by atoms with Crippen LogP contribution >= 0.6 is 0 Å². The van der Waals surface area contributed by atoms with Gasteiger partial charge in [0, 0.05) is 19.1 Å². The van der Waals surface area contributed by atoms with E-state index >= 15 is 0 Å².